The van der Waals surface area contributed by atoms with Crippen LogP contribution < -0.4 is 4.74 Å². The summed E-state index contributed by atoms with van der Waals surface area (Å²) in [7, 11) is 0. The monoisotopic (exact) mass is 348 g/mol. The van der Waals surface area contributed by atoms with E-state index in [1.807, 2.05) is 60.8 Å². The summed E-state index contributed by atoms with van der Waals surface area (Å²) in [6.45, 7) is 1.83. The maximum Gasteiger partial charge on any atom is 0.194 e. The minimum absolute atomic E-state index is 0.151. The zero-order chi connectivity index (χ0) is 17.6. The summed E-state index contributed by atoms with van der Waals surface area (Å²) in [5.41, 5.74) is 2.85. The summed E-state index contributed by atoms with van der Waals surface area (Å²) in [5, 5.41) is 11.8. The number of carbonyl (C=O) groups is 1. The summed E-state index contributed by atoms with van der Waals surface area (Å²) in [6.07, 6.45) is 0. The molecule has 0 saturated carbocycles. The largest absolute Gasteiger partial charge is 0.486 e. The van der Waals surface area contributed by atoms with Crippen LogP contribution in [0, 0.1) is 18.3 Å². The van der Waals surface area contributed by atoms with Crippen LogP contribution in [-0.2, 0) is 4.79 Å². The predicted octanol–water partition coefficient (Wildman–Crippen LogP) is 4.37. The van der Waals surface area contributed by atoms with Crippen molar-refractivity contribution in [2.24, 2.45) is 0 Å². The van der Waals surface area contributed by atoms with Gasteiger partial charge in [0.15, 0.2) is 11.7 Å². The number of ketones is 1. The van der Waals surface area contributed by atoms with Gasteiger partial charge in [0.1, 0.15) is 17.4 Å². The van der Waals surface area contributed by atoms with Gasteiger partial charge >= 0.3 is 0 Å². The van der Waals surface area contributed by atoms with Crippen LogP contribution in [0.5, 0.6) is 5.75 Å². The number of carbonyl (C=O) groups excluding carboxylic acids is 1. The Labute approximate surface area is 150 Å². The van der Waals surface area contributed by atoms with E-state index in [0.717, 1.165) is 16.8 Å². The van der Waals surface area contributed by atoms with Crippen LogP contribution >= 0.6 is 11.3 Å². The molecule has 0 aliphatic carbocycles. The minimum Gasteiger partial charge on any atom is -0.486 e. The van der Waals surface area contributed by atoms with Crippen LogP contribution in [0.25, 0.3) is 11.3 Å². The van der Waals surface area contributed by atoms with Crippen molar-refractivity contribution in [3.05, 3.63) is 70.5 Å². The Morgan fingerprint density at radius 2 is 1.92 bits per heavy atom. The molecule has 0 spiro atoms. The molecule has 1 heterocycles. The normalized spacial score (nSPS) is 11.5. The van der Waals surface area contributed by atoms with Crippen molar-refractivity contribution in [3.8, 4) is 23.1 Å². The Bertz CT molecular complexity index is 895. The molecule has 25 heavy (non-hydrogen) atoms. The quantitative estimate of drug-likeness (QED) is 0.663. The van der Waals surface area contributed by atoms with Crippen molar-refractivity contribution in [2.45, 2.75) is 12.8 Å². The molecule has 0 radical (unpaired) electrons. The summed E-state index contributed by atoms with van der Waals surface area (Å²) >= 11 is 1.32. The molecular formula is C20H16N2O2S. The smallest absolute Gasteiger partial charge is 0.194 e. The highest BCUT2D eigenvalue weighted by Gasteiger charge is 2.24. The summed E-state index contributed by atoms with van der Waals surface area (Å²) in [6, 6.07) is 19.2. The van der Waals surface area contributed by atoms with Gasteiger partial charge in [0.25, 0.3) is 0 Å². The third-order valence-electron chi connectivity index (χ3n) is 3.69. The summed E-state index contributed by atoms with van der Waals surface area (Å²) < 4.78 is 5.49. The first-order valence-electron chi connectivity index (χ1n) is 7.80. The van der Waals surface area contributed by atoms with Gasteiger partial charge in [-0.3, -0.25) is 4.79 Å². The Morgan fingerprint density at radius 3 is 2.60 bits per heavy atom. The maximum absolute atomic E-state index is 12.4. The second-order valence-electron chi connectivity index (χ2n) is 5.57. The number of rotatable bonds is 6. The molecule has 5 heteroatoms. The van der Waals surface area contributed by atoms with Crippen LogP contribution in [0.2, 0.25) is 0 Å². The molecule has 3 aromatic rings. The van der Waals surface area contributed by atoms with Crippen molar-refractivity contribution in [1.29, 1.82) is 5.26 Å². The minimum atomic E-state index is -0.909. The molecule has 4 nitrogen and oxygen atoms in total. The highest BCUT2D eigenvalue weighted by Crippen LogP contribution is 2.27. The van der Waals surface area contributed by atoms with Crippen molar-refractivity contribution in [2.75, 3.05) is 6.61 Å². The Balaban J connectivity index is 1.69. The number of nitriles is 1. The highest BCUT2D eigenvalue weighted by atomic mass is 32.1. The second kappa shape index (κ2) is 7.73. The van der Waals surface area contributed by atoms with E-state index in [0.29, 0.717) is 10.8 Å². The molecule has 0 saturated heterocycles. The van der Waals surface area contributed by atoms with Gasteiger partial charge in [-0.15, -0.1) is 11.3 Å². The topological polar surface area (TPSA) is 63.0 Å². The van der Waals surface area contributed by atoms with Crippen molar-refractivity contribution >= 4 is 17.1 Å². The van der Waals surface area contributed by atoms with Crippen LogP contribution in [0.1, 0.15) is 16.5 Å². The average molecular weight is 348 g/mol. The fourth-order valence-corrected chi connectivity index (χ4v) is 3.19. The summed E-state index contributed by atoms with van der Waals surface area (Å²) in [4.78, 5) is 16.8. The first-order chi connectivity index (χ1) is 12.2. The molecule has 0 N–H and O–H groups in total. The van der Waals surface area contributed by atoms with E-state index >= 15 is 0 Å². The van der Waals surface area contributed by atoms with Crippen LogP contribution in [0.15, 0.2) is 60.0 Å². The maximum atomic E-state index is 12.4. The Morgan fingerprint density at radius 1 is 1.20 bits per heavy atom. The van der Waals surface area contributed by atoms with Crippen molar-refractivity contribution in [1.82, 2.24) is 4.98 Å². The number of thiazole rings is 1. The molecule has 0 aliphatic heterocycles. The Hall–Kier alpha value is -2.97. The zero-order valence-corrected chi connectivity index (χ0v) is 14.5. The molecule has 0 fully saturated rings. The number of hydrogen-bond acceptors (Lipinski definition) is 5. The third kappa shape index (κ3) is 4.11. The number of benzene rings is 2. The van der Waals surface area contributed by atoms with E-state index in [1.165, 1.54) is 11.3 Å². The van der Waals surface area contributed by atoms with E-state index in [9.17, 15) is 10.1 Å². The van der Waals surface area contributed by atoms with Gasteiger partial charge < -0.3 is 4.74 Å². The van der Waals surface area contributed by atoms with Gasteiger partial charge in [-0.2, -0.15) is 5.26 Å². The van der Waals surface area contributed by atoms with Gasteiger partial charge in [0, 0.05) is 10.9 Å². The van der Waals surface area contributed by atoms with E-state index in [4.69, 9.17) is 4.74 Å². The first-order valence-corrected chi connectivity index (χ1v) is 8.68. The van der Waals surface area contributed by atoms with Crippen molar-refractivity contribution < 1.29 is 9.53 Å². The lowest BCUT2D eigenvalue weighted by Crippen LogP contribution is -2.19. The zero-order valence-electron chi connectivity index (χ0n) is 13.7. The molecule has 0 amide bonds. The molecule has 124 valence electrons. The van der Waals surface area contributed by atoms with Gasteiger partial charge in [0.2, 0.25) is 0 Å². The van der Waals surface area contributed by atoms with Crippen molar-refractivity contribution in [3.63, 3.8) is 0 Å². The SMILES string of the molecule is Cc1ccc(OCC(=O)C(C#N)c2nc(-c3ccccc3)cs2)cc1. The molecule has 1 aromatic heterocycles. The average Bonchev–Trinajstić information content (AvgIpc) is 3.12. The van der Waals surface area contributed by atoms with E-state index < -0.39 is 5.92 Å². The van der Waals surface area contributed by atoms with Gasteiger partial charge in [-0.25, -0.2) is 4.98 Å². The van der Waals surface area contributed by atoms with Crippen LogP contribution in [0.3, 0.4) is 0 Å². The van der Waals surface area contributed by atoms with Gasteiger partial charge in [-0.05, 0) is 19.1 Å². The van der Waals surface area contributed by atoms with E-state index in [1.54, 1.807) is 12.1 Å². The van der Waals surface area contributed by atoms with Crippen LogP contribution in [-0.4, -0.2) is 17.4 Å². The molecule has 1 atom stereocenters. The van der Waals surface area contributed by atoms with Crippen LogP contribution in [0.4, 0.5) is 0 Å². The molecule has 1 unspecified atom stereocenters. The third-order valence-corrected chi connectivity index (χ3v) is 4.60. The Kier molecular flexibility index (Phi) is 5.22. The number of Topliss-reactive ketones (excluding diaryl/α,β-unsaturated/α-hetero) is 1. The number of hydrogen-bond donors (Lipinski definition) is 0. The number of nitrogens with zero attached hydrogens (tertiary/aromatic N) is 2. The number of aryl methyl sites for hydroxylation is 1. The standard InChI is InChI=1S/C20H16N2O2S/c1-14-7-9-16(10-8-14)24-12-19(23)17(11-21)20-22-18(13-25-20)15-5-3-2-4-6-15/h2-10,13,17H,12H2,1H3. The lowest BCUT2D eigenvalue weighted by molar-refractivity contribution is -0.121. The second-order valence-corrected chi connectivity index (χ2v) is 6.46. The molecular weight excluding hydrogens is 332 g/mol. The number of aromatic nitrogens is 1. The molecule has 0 aliphatic rings. The first kappa shape index (κ1) is 16.9. The van der Waals surface area contributed by atoms with E-state index in [2.05, 4.69) is 4.98 Å². The molecule has 2 aromatic carbocycles. The van der Waals surface area contributed by atoms with Gasteiger partial charge in [0.05, 0.1) is 11.8 Å². The predicted molar refractivity (Wildman–Crippen MR) is 97.6 cm³/mol. The fourth-order valence-electron chi connectivity index (χ4n) is 2.30. The van der Waals surface area contributed by atoms with E-state index in [-0.39, 0.29) is 12.4 Å². The highest BCUT2D eigenvalue weighted by molar-refractivity contribution is 7.10. The van der Waals surface area contributed by atoms with Gasteiger partial charge in [-0.1, -0.05) is 48.0 Å². The lowest BCUT2D eigenvalue weighted by Gasteiger charge is -2.08. The fraction of sp³-hybridized carbons (Fsp3) is 0.150. The molecule has 0 bridgehead atoms. The molecule has 3 rings (SSSR count). The lowest BCUT2D eigenvalue weighted by atomic mass is 10.1. The summed E-state index contributed by atoms with van der Waals surface area (Å²) in [5.74, 6) is -0.593. The number of ether oxygens (including phenoxy) is 1.